The number of aliphatic carboxylic acids is 1. The quantitative estimate of drug-likeness (QED) is 0.733. The van der Waals surface area contributed by atoms with Crippen molar-refractivity contribution in [2.75, 3.05) is 0 Å². The molecule has 1 fully saturated rings. The summed E-state index contributed by atoms with van der Waals surface area (Å²) in [6, 6.07) is -0.200. The third-order valence-corrected chi connectivity index (χ3v) is 3.92. The van der Waals surface area contributed by atoms with Crippen LogP contribution in [0.25, 0.3) is 0 Å². The van der Waals surface area contributed by atoms with E-state index in [0.29, 0.717) is 5.92 Å². The maximum absolute atomic E-state index is 10.8. The maximum atomic E-state index is 10.8. The molecule has 0 radical (unpaired) electrons. The first-order chi connectivity index (χ1) is 7.50. The van der Waals surface area contributed by atoms with Crippen molar-refractivity contribution in [2.24, 2.45) is 23.5 Å². The molecule has 1 aliphatic rings. The predicted molar refractivity (Wildman–Crippen MR) is 65.1 cm³/mol. The van der Waals surface area contributed by atoms with Crippen molar-refractivity contribution in [2.45, 2.75) is 58.4 Å². The minimum atomic E-state index is -0.777. The Bertz CT molecular complexity index is 224. The van der Waals surface area contributed by atoms with E-state index in [-0.39, 0.29) is 6.04 Å². The largest absolute Gasteiger partial charge is 0.481 e. The molecule has 0 bridgehead atoms. The first-order valence-electron chi connectivity index (χ1n) is 6.49. The molecule has 16 heavy (non-hydrogen) atoms. The van der Waals surface area contributed by atoms with Crippen molar-refractivity contribution < 1.29 is 9.90 Å². The molecule has 0 aromatic heterocycles. The summed E-state index contributed by atoms with van der Waals surface area (Å²) in [5.74, 6) is 0.217. The summed E-state index contributed by atoms with van der Waals surface area (Å²) in [5.41, 5.74) is 5.91. The Labute approximate surface area is 98.4 Å². The second-order valence-corrected chi connectivity index (χ2v) is 5.52. The predicted octanol–water partition coefficient (Wildman–Crippen LogP) is 2.64. The van der Waals surface area contributed by atoms with Gasteiger partial charge in [-0.05, 0) is 24.7 Å². The molecule has 1 saturated carbocycles. The lowest BCUT2D eigenvalue weighted by molar-refractivity contribution is -0.141. The summed E-state index contributed by atoms with van der Waals surface area (Å²) >= 11 is 0. The monoisotopic (exact) mass is 227 g/mol. The van der Waals surface area contributed by atoms with Crippen molar-refractivity contribution in [1.29, 1.82) is 0 Å². The zero-order chi connectivity index (χ0) is 12.1. The molecule has 0 heterocycles. The van der Waals surface area contributed by atoms with Crippen LogP contribution in [0.3, 0.4) is 0 Å². The van der Waals surface area contributed by atoms with Gasteiger partial charge in [0.15, 0.2) is 0 Å². The first kappa shape index (κ1) is 13.5. The summed E-state index contributed by atoms with van der Waals surface area (Å²) in [6.07, 6.45) is 7.51. The second kappa shape index (κ2) is 6.24. The number of carbonyl (C=O) groups is 1. The highest BCUT2D eigenvalue weighted by atomic mass is 16.4. The molecule has 0 spiro atoms. The molecule has 3 nitrogen and oxygen atoms in total. The lowest BCUT2D eigenvalue weighted by atomic mass is 9.87. The average Bonchev–Trinajstić information content (AvgIpc) is 2.68. The Balaban J connectivity index is 2.26. The highest BCUT2D eigenvalue weighted by Gasteiger charge is 2.24. The van der Waals surface area contributed by atoms with Gasteiger partial charge in [0, 0.05) is 6.04 Å². The normalized spacial score (nSPS) is 22.9. The standard InChI is InChI=1S/C13H25NO2/c1-9(7-11-5-3-4-6-11)8-12(14)10(2)13(15)16/h9-12H,3-8,14H2,1-2H3,(H,15,16)/t9-,10?,12+/m1/s1. The topological polar surface area (TPSA) is 63.3 Å². The van der Waals surface area contributed by atoms with Crippen LogP contribution in [0.5, 0.6) is 0 Å². The molecule has 3 N–H and O–H groups in total. The van der Waals surface area contributed by atoms with Crippen molar-refractivity contribution in [3.63, 3.8) is 0 Å². The molecule has 1 unspecified atom stereocenters. The molecule has 0 aromatic rings. The summed E-state index contributed by atoms with van der Waals surface area (Å²) in [5, 5.41) is 8.87. The SMILES string of the molecule is CC(C(=O)O)[C@@H](N)C[C@H](C)CC1CCCC1. The van der Waals surface area contributed by atoms with Crippen LogP contribution in [0, 0.1) is 17.8 Å². The van der Waals surface area contributed by atoms with E-state index in [1.54, 1.807) is 6.92 Å². The van der Waals surface area contributed by atoms with Crippen LogP contribution < -0.4 is 5.73 Å². The molecule has 3 heteroatoms. The fourth-order valence-corrected chi connectivity index (χ4v) is 2.76. The van der Waals surface area contributed by atoms with Gasteiger partial charge in [-0.25, -0.2) is 0 Å². The smallest absolute Gasteiger partial charge is 0.307 e. The summed E-state index contributed by atoms with van der Waals surface area (Å²) in [6.45, 7) is 3.90. The second-order valence-electron chi connectivity index (χ2n) is 5.52. The van der Waals surface area contributed by atoms with Gasteiger partial charge in [0.25, 0.3) is 0 Å². The maximum Gasteiger partial charge on any atom is 0.307 e. The van der Waals surface area contributed by atoms with Gasteiger partial charge in [-0.1, -0.05) is 39.5 Å². The van der Waals surface area contributed by atoms with Crippen molar-refractivity contribution in [3.8, 4) is 0 Å². The Morgan fingerprint density at radius 2 is 1.94 bits per heavy atom. The highest BCUT2D eigenvalue weighted by Crippen LogP contribution is 2.31. The van der Waals surface area contributed by atoms with Crippen LogP contribution in [0.1, 0.15) is 52.4 Å². The molecule has 0 amide bonds. The zero-order valence-corrected chi connectivity index (χ0v) is 10.5. The first-order valence-corrected chi connectivity index (χ1v) is 6.49. The van der Waals surface area contributed by atoms with E-state index < -0.39 is 11.9 Å². The molecule has 0 aliphatic heterocycles. The number of hydrogen-bond acceptors (Lipinski definition) is 2. The molecular weight excluding hydrogens is 202 g/mol. The third-order valence-electron chi connectivity index (χ3n) is 3.92. The molecule has 0 aromatic carbocycles. The Hall–Kier alpha value is -0.570. The molecule has 0 saturated heterocycles. The van der Waals surface area contributed by atoms with Crippen LogP contribution in [-0.4, -0.2) is 17.1 Å². The fraction of sp³-hybridized carbons (Fsp3) is 0.923. The molecular formula is C13H25NO2. The van der Waals surface area contributed by atoms with E-state index in [1.165, 1.54) is 32.1 Å². The zero-order valence-electron chi connectivity index (χ0n) is 10.5. The van der Waals surface area contributed by atoms with Gasteiger partial charge in [-0.2, -0.15) is 0 Å². The number of carboxylic acid groups (broad SMARTS) is 1. The van der Waals surface area contributed by atoms with Gasteiger partial charge in [-0.3, -0.25) is 4.79 Å². The summed E-state index contributed by atoms with van der Waals surface area (Å²) < 4.78 is 0. The molecule has 94 valence electrons. The number of carboxylic acids is 1. The van der Waals surface area contributed by atoms with Gasteiger partial charge < -0.3 is 10.8 Å². The van der Waals surface area contributed by atoms with E-state index >= 15 is 0 Å². The van der Waals surface area contributed by atoms with E-state index in [2.05, 4.69) is 6.92 Å². The number of hydrogen-bond donors (Lipinski definition) is 2. The molecule has 1 aliphatic carbocycles. The molecule has 3 atom stereocenters. The van der Waals surface area contributed by atoms with Gasteiger partial charge in [-0.15, -0.1) is 0 Å². The fourth-order valence-electron chi connectivity index (χ4n) is 2.76. The summed E-state index contributed by atoms with van der Waals surface area (Å²) in [7, 11) is 0. The Morgan fingerprint density at radius 3 is 2.44 bits per heavy atom. The Kier molecular flexibility index (Phi) is 5.26. The van der Waals surface area contributed by atoms with Gasteiger partial charge in [0.05, 0.1) is 5.92 Å². The van der Waals surface area contributed by atoms with E-state index in [4.69, 9.17) is 10.8 Å². The third kappa shape index (κ3) is 4.12. The van der Waals surface area contributed by atoms with Crippen LogP contribution in [0.15, 0.2) is 0 Å². The van der Waals surface area contributed by atoms with Crippen LogP contribution in [0.2, 0.25) is 0 Å². The summed E-state index contributed by atoms with van der Waals surface area (Å²) in [4.78, 5) is 10.8. The lowest BCUT2D eigenvalue weighted by Gasteiger charge is -2.22. The minimum Gasteiger partial charge on any atom is -0.481 e. The van der Waals surface area contributed by atoms with E-state index in [0.717, 1.165) is 12.3 Å². The highest BCUT2D eigenvalue weighted by molar-refractivity contribution is 5.70. The van der Waals surface area contributed by atoms with Crippen LogP contribution >= 0.6 is 0 Å². The van der Waals surface area contributed by atoms with Crippen LogP contribution in [-0.2, 0) is 4.79 Å². The van der Waals surface area contributed by atoms with Crippen molar-refractivity contribution in [3.05, 3.63) is 0 Å². The molecule has 1 rings (SSSR count). The number of nitrogens with two attached hydrogens (primary N) is 1. The van der Waals surface area contributed by atoms with Crippen LogP contribution in [0.4, 0.5) is 0 Å². The van der Waals surface area contributed by atoms with Gasteiger partial charge in [0.1, 0.15) is 0 Å². The average molecular weight is 227 g/mol. The Morgan fingerprint density at radius 1 is 1.38 bits per heavy atom. The van der Waals surface area contributed by atoms with Gasteiger partial charge >= 0.3 is 5.97 Å². The van der Waals surface area contributed by atoms with E-state index in [9.17, 15) is 4.79 Å². The van der Waals surface area contributed by atoms with Crippen molar-refractivity contribution in [1.82, 2.24) is 0 Å². The van der Waals surface area contributed by atoms with E-state index in [1.807, 2.05) is 0 Å². The minimum absolute atomic E-state index is 0.200. The lowest BCUT2D eigenvalue weighted by Crippen LogP contribution is -2.35. The number of rotatable bonds is 6. The van der Waals surface area contributed by atoms with Crippen molar-refractivity contribution >= 4 is 5.97 Å². The van der Waals surface area contributed by atoms with Gasteiger partial charge in [0.2, 0.25) is 0 Å².